The van der Waals surface area contributed by atoms with Crippen molar-refractivity contribution in [1.82, 2.24) is 24.9 Å². The van der Waals surface area contributed by atoms with E-state index < -0.39 is 0 Å². The third-order valence-corrected chi connectivity index (χ3v) is 5.01. The molecule has 1 saturated heterocycles. The molecule has 1 amide bonds. The monoisotopic (exact) mass is 373 g/mol. The van der Waals surface area contributed by atoms with Gasteiger partial charge >= 0.3 is 0 Å². The van der Waals surface area contributed by atoms with Crippen LogP contribution < -0.4 is 4.74 Å². The van der Waals surface area contributed by atoms with E-state index in [9.17, 15) is 4.79 Å². The first-order valence-corrected chi connectivity index (χ1v) is 9.21. The molecule has 3 heterocycles. The van der Waals surface area contributed by atoms with Crippen LogP contribution in [0.2, 0.25) is 0 Å². The Morgan fingerprint density at radius 2 is 2.00 bits per heavy atom. The first-order chi connectivity index (χ1) is 13.8. The number of para-hydroxylation sites is 1. The predicted molar refractivity (Wildman–Crippen MR) is 104 cm³/mol. The molecule has 2 aromatic carbocycles. The molecule has 140 valence electrons. The molecular formula is C21H19N5O2. The summed E-state index contributed by atoms with van der Waals surface area (Å²) in [5.41, 5.74) is 2.51. The van der Waals surface area contributed by atoms with E-state index in [2.05, 4.69) is 15.3 Å². The summed E-state index contributed by atoms with van der Waals surface area (Å²) in [5, 5.41) is 9.41. The van der Waals surface area contributed by atoms with Crippen LogP contribution in [0.25, 0.3) is 10.9 Å². The summed E-state index contributed by atoms with van der Waals surface area (Å²) in [6, 6.07) is 17.5. The van der Waals surface area contributed by atoms with Gasteiger partial charge in [-0.3, -0.25) is 4.79 Å². The van der Waals surface area contributed by atoms with Crippen molar-refractivity contribution in [3.05, 3.63) is 78.2 Å². The van der Waals surface area contributed by atoms with Gasteiger partial charge in [0.05, 0.1) is 12.2 Å². The zero-order valence-corrected chi connectivity index (χ0v) is 15.2. The van der Waals surface area contributed by atoms with E-state index in [4.69, 9.17) is 4.74 Å². The number of aromatic amines is 1. The van der Waals surface area contributed by atoms with Gasteiger partial charge in [0.2, 0.25) is 0 Å². The maximum absolute atomic E-state index is 12.7. The van der Waals surface area contributed by atoms with E-state index in [1.54, 1.807) is 0 Å². The second-order valence-electron chi connectivity index (χ2n) is 6.94. The lowest BCUT2D eigenvalue weighted by molar-refractivity contribution is 0.0498. The normalized spacial score (nSPS) is 14.2. The summed E-state index contributed by atoms with van der Waals surface area (Å²) in [5.74, 6) is 0.851. The highest BCUT2D eigenvalue weighted by Crippen LogP contribution is 2.24. The molecule has 2 aromatic heterocycles. The standard InChI is InChI=1S/C21H19N5O2/c27-21(16-6-7-20-15(10-16)8-9-22-20)25-12-18(13-25)26-11-17(23-24-26)14-28-19-4-2-1-3-5-19/h1-11,18,22H,12-14H2. The van der Waals surface area contributed by atoms with Crippen molar-refractivity contribution in [2.75, 3.05) is 13.1 Å². The molecule has 0 aliphatic carbocycles. The third kappa shape index (κ3) is 3.11. The van der Waals surface area contributed by atoms with Gasteiger partial charge in [-0.1, -0.05) is 23.4 Å². The average molecular weight is 373 g/mol. The van der Waals surface area contributed by atoms with E-state index in [0.29, 0.717) is 25.3 Å². The summed E-state index contributed by atoms with van der Waals surface area (Å²) in [7, 11) is 0. The smallest absolute Gasteiger partial charge is 0.254 e. The minimum absolute atomic E-state index is 0.0482. The minimum Gasteiger partial charge on any atom is -0.487 e. The van der Waals surface area contributed by atoms with Gasteiger partial charge in [0.25, 0.3) is 5.91 Å². The first kappa shape index (κ1) is 16.6. The Morgan fingerprint density at radius 1 is 1.14 bits per heavy atom. The Morgan fingerprint density at radius 3 is 2.86 bits per heavy atom. The van der Waals surface area contributed by atoms with E-state index in [0.717, 1.165) is 22.3 Å². The number of rotatable bonds is 5. The van der Waals surface area contributed by atoms with Crippen LogP contribution in [0, 0.1) is 0 Å². The highest BCUT2D eigenvalue weighted by atomic mass is 16.5. The van der Waals surface area contributed by atoms with Crippen LogP contribution in [0.3, 0.4) is 0 Å². The van der Waals surface area contributed by atoms with Crippen LogP contribution >= 0.6 is 0 Å². The maximum Gasteiger partial charge on any atom is 0.254 e. The number of amides is 1. The number of fused-ring (bicyclic) bond motifs is 1. The second-order valence-corrected chi connectivity index (χ2v) is 6.94. The summed E-state index contributed by atoms with van der Waals surface area (Å²) in [6.07, 6.45) is 3.77. The zero-order chi connectivity index (χ0) is 18.9. The van der Waals surface area contributed by atoms with Crippen molar-refractivity contribution in [3.8, 4) is 5.75 Å². The van der Waals surface area contributed by atoms with Crippen LogP contribution in [0.1, 0.15) is 22.1 Å². The van der Waals surface area contributed by atoms with Crippen molar-refractivity contribution in [2.45, 2.75) is 12.6 Å². The molecule has 1 aliphatic rings. The maximum atomic E-state index is 12.7. The molecule has 1 N–H and O–H groups in total. The van der Waals surface area contributed by atoms with Gasteiger partial charge in [-0.25, -0.2) is 4.68 Å². The van der Waals surface area contributed by atoms with Gasteiger partial charge < -0.3 is 14.6 Å². The Kier molecular flexibility index (Phi) is 4.05. The Balaban J connectivity index is 1.18. The average Bonchev–Trinajstić information content (AvgIpc) is 3.35. The number of benzene rings is 2. The van der Waals surface area contributed by atoms with Crippen molar-refractivity contribution in [1.29, 1.82) is 0 Å². The molecule has 0 saturated carbocycles. The van der Waals surface area contributed by atoms with Crippen molar-refractivity contribution in [3.63, 3.8) is 0 Å². The van der Waals surface area contributed by atoms with Crippen LogP contribution in [-0.4, -0.2) is 43.9 Å². The van der Waals surface area contributed by atoms with Crippen LogP contribution in [0.5, 0.6) is 5.75 Å². The molecule has 4 aromatic rings. The Hall–Kier alpha value is -3.61. The van der Waals surface area contributed by atoms with Crippen molar-refractivity contribution < 1.29 is 9.53 Å². The summed E-state index contributed by atoms with van der Waals surface area (Å²) in [4.78, 5) is 17.7. The largest absolute Gasteiger partial charge is 0.487 e. The van der Waals surface area contributed by atoms with E-state index in [1.165, 1.54) is 0 Å². The number of aromatic nitrogens is 4. The fourth-order valence-corrected chi connectivity index (χ4v) is 3.39. The molecule has 0 unspecified atom stereocenters. The first-order valence-electron chi connectivity index (χ1n) is 9.21. The Bertz CT molecular complexity index is 1110. The fraction of sp³-hybridized carbons (Fsp3) is 0.190. The summed E-state index contributed by atoms with van der Waals surface area (Å²) >= 11 is 0. The van der Waals surface area contributed by atoms with Crippen molar-refractivity contribution >= 4 is 16.8 Å². The van der Waals surface area contributed by atoms with Gasteiger partial charge in [0.15, 0.2) is 0 Å². The Labute approximate surface area is 161 Å². The number of carbonyl (C=O) groups is 1. The number of hydrogen-bond acceptors (Lipinski definition) is 4. The highest BCUT2D eigenvalue weighted by molar-refractivity contribution is 5.98. The molecule has 0 radical (unpaired) electrons. The van der Waals surface area contributed by atoms with Gasteiger partial charge in [0, 0.05) is 35.8 Å². The molecule has 7 heteroatoms. The molecule has 5 rings (SSSR count). The van der Waals surface area contributed by atoms with Gasteiger partial charge in [0.1, 0.15) is 18.1 Å². The van der Waals surface area contributed by atoms with E-state index in [-0.39, 0.29) is 11.9 Å². The van der Waals surface area contributed by atoms with Crippen LogP contribution in [0.15, 0.2) is 67.0 Å². The molecular weight excluding hydrogens is 354 g/mol. The number of H-pyrrole nitrogens is 1. The third-order valence-electron chi connectivity index (χ3n) is 5.01. The predicted octanol–water partition coefficient (Wildman–Crippen LogP) is 3.04. The SMILES string of the molecule is O=C(c1ccc2[nH]ccc2c1)N1CC(n2cc(COc3ccccc3)nn2)C1. The van der Waals surface area contributed by atoms with Crippen molar-refractivity contribution in [2.24, 2.45) is 0 Å². The molecule has 7 nitrogen and oxygen atoms in total. The van der Waals surface area contributed by atoms with E-state index >= 15 is 0 Å². The van der Waals surface area contributed by atoms with Gasteiger partial charge in [-0.05, 0) is 36.4 Å². The number of likely N-dealkylation sites (tertiary alicyclic amines) is 1. The number of ether oxygens (including phenoxy) is 1. The molecule has 0 atom stereocenters. The van der Waals surface area contributed by atoms with E-state index in [1.807, 2.05) is 76.6 Å². The summed E-state index contributed by atoms with van der Waals surface area (Å²) in [6.45, 7) is 1.63. The molecule has 1 fully saturated rings. The number of carbonyl (C=O) groups excluding carboxylic acids is 1. The highest BCUT2D eigenvalue weighted by Gasteiger charge is 2.33. The molecule has 0 bridgehead atoms. The lowest BCUT2D eigenvalue weighted by atomic mass is 10.1. The minimum atomic E-state index is 0.0482. The lowest BCUT2D eigenvalue weighted by Crippen LogP contribution is -2.50. The number of nitrogens with zero attached hydrogens (tertiary/aromatic N) is 4. The molecule has 1 aliphatic heterocycles. The summed E-state index contributed by atoms with van der Waals surface area (Å²) < 4.78 is 7.52. The number of hydrogen-bond donors (Lipinski definition) is 1. The fourth-order valence-electron chi connectivity index (χ4n) is 3.39. The topological polar surface area (TPSA) is 76.0 Å². The molecule has 28 heavy (non-hydrogen) atoms. The quantitative estimate of drug-likeness (QED) is 0.583. The number of nitrogens with one attached hydrogen (secondary N) is 1. The zero-order valence-electron chi connectivity index (χ0n) is 15.2. The van der Waals surface area contributed by atoms with Gasteiger partial charge in [-0.2, -0.15) is 0 Å². The van der Waals surface area contributed by atoms with Gasteiger partial charge in [-0.15, -0.1) is 5.10 Å². The second kappa shape index (κ2) is 6.84. The van der Waals surface area contributed by atoms with Crippen LogP contribution in [0.4, 0.5) is 0 Å². The molecule has 0 spiro atoms. The van der Waals surface area contributed by atoms with Crippen LogP contribution in [-0.2, 0) is 6.61 Å². The lowest BCUT2D eigenvalue weighted by Gasteiger charge is -2.38.